The number of nitro groups is 1. The smallest absolute Gasteiger partial charge is 0.269 e. The van der Waals surface area contributed by atoms with Gasteiger partial charge in [-0.1, -0.05) is 6.07 Å². The van der Waals surface area contributed by atoms with Crippen molar-refractivity contribution in [2.75, 3.05) is 11.9 Å². The van der Waals surface area contributed by atoms with Crippen LogP contribution < -0.4 is 10.6 Å². The number of nitro benzene ring substituents is 1. The number of non-ortho nitro benzene ring substituents is 1. The van der Waals surface area contributed by atoms with E-state index in [4.69, 9.17) is 12.2 Å². The van der Waals surface area contributed by atoms with E-state index in [0.29, 0.717) is 16.8 Å². The molecule has 0 spiro atoms. The molecule has 0 saturated carbocycles. The number of thiocarbonyl (C=S) groups is 1. The topological polar surface area (TPSA) is 87.4 Å². The maximum absolute atomic E-state index is 13.5. The normalized spacial score (nSPS) is 11.6. The molecule has 0 aliphatic heterocycles. The third kappa shape index (κ3) is 4.71. The van der Waals surface area contributed by atoms with Crippen molar-refractivity contribution in [3.63, 3.8) is 0 Å². The molecule has 0 saturated heterocycles. The summed E-state index contributed by atoms with van der Waals surface area (Å²) in [6.45, 7) is 1.77. The molecule has 0 bridgehead atoms. The van der Waals surface area contributed by atoms with Crippen LogP contribution >= 0.6 is 12.2 Å². The van der Waals surface area contributed by atoms with Crippen molar-refractivity contribution in [1.29, 1.82) is 0 Å². The molecule has 0 radical (unpaired) electrons. The number of aryl methyl sites for hydroxylation is 1. The number of benzene rings is 2. The first-order valence-electron chi connectivity index (χ1n) is 7.10. The largest absolute Gasteiger partial charge is 0.387 e. The van der Waals surface area contributed by atoms with E-state index in [0.717, 1.165) is 0 Å². The second-order valence-corrected chi connectivity index (χ2v) is 5.57. The third-order valence-electron chi connectivity index (χ3n) is 3.37. The predicted octanol–water partition coefficient (Wildman–Crippen LogP) is 3.06. The molecule has 0 heterocycles. The van der Waals surface area contributed by atoms with Crippen LogP contribution in [0.1, 0.15) is 17.2 Å². The Hall–Kier alpha value is -2.58. The molecule has 2 aromatic carbocycles. The second kappa shape index (κ2) is 7.80. The van der Waals surface area contributed by atoms with E-state index in [-0.39, 0.29) is 23.2 Å². The standard InChI is InChI=1S/C16H16FN3O3S/c1-10-2-5-12(8-14(10)17)19-16(24)18-9-15(21)11-3-6-13(7-4-11)20(22)23/h2-8,15,21H,9H2,1H3,(H2,18,19,24)/t15-/m0/s1. The van der Waals surface area contributed by atoms with Crippen molar-refractivity contribution in [1.82, 2.24) is 5.32 Å². The van der Waals surface area contributed by atoms with E-state index in [2.05, 4.69) is 10.6 Å². The molecule has 0 unspecified atom stereocenters. The number of nitrogens with zero attached hydrogens (tertiary/aromatic N) is 1. The van der Waals surface area contributed by atoms with Crippen molar-refractivity contribution in [3.05, 3.63) is 69.5 Å². The van der Waals surface area contributed by atoms with Gasteiger partial charge < -0.3 is 15.7 Å². The van der Waals surface area contributed by atoms with Gasteiger partial charge in [0.1, 0.15) is 5.82 Å². The highest BCUT2D eigenvalue weighted by Gasteiger charge is 2.11. The summed E-state index contributed by atoms with van der Waals surface area (Å²) in [7, 11) is 0. The van der Waals surface area contributed by atoms with Crippen LogP contribution in [-0.4, -0.2) is 21.7 Å². The van der Waals surface area contributed by atoms with Crippen molar-refractivity contribution < 1.29 is 14.4 Å². The fourth-order valence-electron chi connectivity index (χ4n) is 1.97. The van der Waals surface area contributed by atoms with E-state index in [9.17, 15) is 19.6 Å². The van der Waals surface area contributed by atoms with Crippen molar-refractivity contribution in [2.24, 2.45) is 0 Å². The molecule has 8 heteroatoms. The number of anilines is 1. The maximum atomic E-state index is 13.5. The molecule has 3 N–H and O–H groups in total. The van der Waals surface area contributed by atoms with Gasteiger partial charge in [-0.2, -0.15) is 0 Å². The lowest BCUT2D eigenvalue weighted by molar-refractivity contribution is -0.384. The minimum Gasteiger partial charge on any atom is -0.387 e. The van der Waals surface area contributed by atoms with Crippen LogP contribution in [-0.2, 0) is 0 Å². The second-order valence-electron chi connectivity index (χ2n) is 5.16. The Morgan fingerprint density at radius 1 is 1.33 bits per heavy atom. The van der Waals surface area contributed by atoms with Crippen LogP contribution in [0.15, 0.2) is 42.5 Å². The Kier molecular flexibility index (Phi) is 5.78. The lowest BCUT2D eigenvalue weighted by atomic mass is 10.1. The van der Waals surface area contributed by atoms with E-state index in [1.165, 1.54) is 30.3 Å². The first-order chi connectivity index (χ1) is 11.4. The molecule has 126 valence electrons. The average Bonchev–Trinajstić information content (AvgIpc) is 2.56. The molecule has 2 aromatic rings. The molecular weight excluding hydrogens is 333 g/mol. The molecule has 0 aliphatic carbocycles. The van der Waals surface area contributed by atoms with Gasteiger partial charge in [0.2, 0.25) is 0 Å². The lowest BCUT2D eigenvalue weighted by Gasteiger charge is -2.15. The fraction of sp³-hybridized carbons (Fsp3) is 0.188. The Morgan fingerprint density at radius 2 is 2.00 bits per heavy atom. The van der Waals surface area contributed by atoms with Gasteiger partial charge in [0, 0.05) is 24.4 Å². The number of aliphatic hydroxyl groups is 1. The number of nitrogens with one attached hydrogen (secondary N) is 2. The van der Waals surface area contributed by atoms with Crippen LogP contribution in [0.4, 0.5) is 15.8 Å². The van der Waals surface area contributed by atoms with Gasteiger partial charge in [0.25, 0.3) is 5.69 Å². The molecule has 0 aromatic heterocycles. The summed E-state index contributed by atoms with van der Waals surface area (Å²) in [5.74, 6) is -0.339. The summed E-state index contributed by atoms with van der Waals surface area (Å²) in [6.07, 6.45) is -0.889. The molecule has 0 fully saturated rings. The minimum atomic E-state index is -0.889. The Balaban J connectivity index is 1.88. The van der Waals surface area contributed by atoms with Crippen molar-refractivity contribution >= 4 is 28.7 Å². The van der Waals surface area contributed by atoms with E-state index in [1.807, 2.05) is 0 Å². The summed E-state index contributed by atoms with van der Waals surface area (Å²) in [5.41, 5.74) is 1.52. The highest BCUT2D eigenvalue weighted by Crippen LogP contribution is 2.17. The Bertz CT molecular complexity index is 753. The molecule has 6 nitrogen and oxygen atoms in total. The number of rotatable bonds is 5. The van der Waals surface area contributed by atoms with Gasteiger partial charge in [0.15, 0.2) is 5.11 Å². The highest BCUT2D eigenvalue weighted by atomic mass is 32.1. The van der Waals surface area contributed by atoms with Gasteiger partial charge in [-0.25, -0.2) is 4.39 Å². The van der Waals surface area contributed by atoms with Crippen LogP contribution in [0, 0.1) is 22.9 Å². The summed E-state index contributed by atoms with van der Waals surface area (Å²) in [4.78, 5) is 10.1. The third-order valence-corrected chi connectivity index (χ3v) is 3.62. The van der Waals surface area contributed by atoms with Gasteiger partial charge in [-0.3, -0.25) is 10.1 Å². The predicted molar refractivity (Wildman–Crippen MR) is 93.4 cm³/mol. The van der Waals surface area contributed by atoms with Crippen molar-refractivity contribution in [2.45, 2.75) is 13.0 Å². The van der Waals surface area contributed by atoms with Gasteiger partial charge >= 0.3 is 0 Å². The quantitative estimate of drug-likeness (QED) is 0.437. The fourth-order valence-corrected chi connectivity index (χ4v) is 2.17. The molecule has 0 aliphatic rings. The van der Waals surface area contributed by atoms with E-state index in [1.54, 1.807) is 19.1 Å². The molecule has 2 rings (SSSR count). The molecule has 24 heavy (non-hydrogen) atoms. The zero-order chi connectivity index (χ0) is 17.7. The van der Waals surface area contributed by atoms with E-state index < -0.39 is 11.0 Å². The first-order valence-corrected chi connectivity index (χ1v) is 7.51. The Morgan fingerprint density at radius 3 is 2.58 bits per heavy atom. The zero-order valence-electron chi connectivity index (χ0n) is 12.8. The summed E-state index contributed by atoms with van der Waals surface area (Å²) in [5, 5.41) is 26.5. The molecular formula is C16H16FN3O3S. The Labute approximate surface area is 143 Å². The zero-order valence-corrected chi connectivity index (χ0v) is 13.6. The maximum Gasteiger partial charge on any atom is 0.269 e. The van der Waals surface area contributed by atoms with Crippen LogP contribution in [0.3, 0.4) is 0 Å². The van der Waals surface area contributed by atoms with Gasteiger partial charge in [0.05, 0.1) is 11.0 Å². The highest BCUT2D eigenvalue weighted by molar-refractivity contribution is 7.80. The average molecular weight is 349 g/mol. The SMILES string of the molecule is Cc1ccc(NC(=S)NC[C@H](O)c2ccc([N+](=O)[O-])cc2)cc1F. The van der Waals surface area contributed by atoms with Crippen LogP contribution in [0.2, 0.25) is 0 Å². The van der Waals surface area contributed by atoms with Crippen LogP contribution in [0.25, 0.3) is 0 Å². The first kappa shape index (κ1) is 17.8. The summed E-state index contributed by atoms with van der Waals surface area (Å²) in [6, 6.07) is 10.3. The summed E-state index contributed by atoms with van der Waals surface area (Å²) >= 11 is 5.09. The van der Waals surface area contributed by atoms with Crippen LogP contribution in [0.5, 0.6) is 0 Å². The van der Waals surface area contributed by atoms with Gasteiger partial charge in [-0.05, 0) is 54.5 Å². The minimum absolute atomic E-state index is 0.0440. The van der Waals surface area contributed by atoms with E-state index >= 15 is 0 Å². The number of hydrogen-bond acceptors (Lipinski definition) is 4. The lowest BCUT2D eigenvalue weighted by Crippen LogP contribution is -2.32. The van der Waals surface area contributed by atoms with Gasteiger partial charge in [-0.15, -0.1) is 0 Å². The molecule has 1 atom stereocenters. The monoisotopic (exact) mass is 349 g/mol. The number of hydrogen-bond donors (Lipinski definition) is 3. The van der Waals surface area contributed by atoms with Crippen molar-refractivity contribution in [3.8, 4) is 0 Å². The number of aliphatic hydroxyl groups excluding tert-OH is 1. The summed E-state index contributed by atoms with van der Waals surface area (Å²) < 4.78 is 13.5. The molecule has 0 amide bonds. The number of halogens is 1.